The van der Waals surface area contributed by atoms with Gasteiger partial charge in [0.1, 0.15) is 0 Å². The van der Waals surface area contributed by atoms with Gasteiger partial charge in [-0.3, -0.25) is 5.10 Å². The van der Waals surface area contributed by atoms with Gasteiger partial charge in [-0.1, -0.05) is 0 Å². The first-order valence-electron chi connectivity index (χ1n) is 6.64. The van der Waals surface area contributed by atoms with Crippen LogP contribution < -0.4 is 0 Å². The van der Waals surface area contributed by atoms with Gasteiger partial charge in [-0.05, 0) is 25.7 Å². The number of H-pyrrole nitrogens is 1. The van der Waals surface area contributed by atoms with Gasteiger partial charge in [-0.15, -0.1) is 0 Å². The van der Waals surface area contributed by atoms with Crippen LogP contribution in [0.2, 0.25) is 0 Å². The van der Waals surface area contributed by atoms with Crippen molar-refractivity contribution < 1.29 is 18.3 Å². The van der Waals surface area contributed by atoms with E-state index in [1.54, 1.807) is 14.0 Å². The number of methoxy groups -OCH3 is 1. The maximum Gasteiger partial charge on any atom is 0.262 e. The standard InChI is InChI=1S/C12H21N3O4S/c1-9-11(7-16)12(14-13-9)20(17,18)15-5-3-4-10(6-15)8-19-2/h10,16H,3-8H2,1-2H3,(H,13,14). The second-order valence-electron chi connectivity index (χ2n) is 5.12. The molecule has 0 spiro atoms. The zero-order valence-corrected chi connectivity index (χ0v) is 12.6. The molecule has 0 amide bonds. The van der Waals surface area contributed by atoms with Gasteiger partial charge < -0.3 is 9.84 Å². The highest BCUT2D eigenvalue weighted by atomic mass is 32.2. The third-order valence-electron chi connectivity index (χ3n) is 3.66. The van der Waals surface area contributed by atoms with Gasteiger partial charge in [0, 0.05) is 31.5 Å². The number of hydrogen-bond acceptors (Lipinski definition) is 5. The Morgan fingerprint density at radius 3 is 2.95 bits per heavy atom. The van der Waals surface area contributed by atoms with Crippen molar-refractivity contribution in [3.05, 3.63) is 11.3 Å². The molecular weight excluding hydrogens is 282 g/mol. The molecule has 0 bridgehead atoms. The van der Waals surface area contributed by atoms with Crippen molar-refractivity contribution in [3.63, 3.8) is 0 Å². The average molecular weight is 303 g/mol. The summed E-state index contributed by atoms with van der Waals surface area (Å²) in [6.45, 7) is 2.83. The van der Waals surface area contributed by atoms with E-state index < -0.39 is 10.0 Å². The van der Waals surface area contributed by atoms with Crippen molar-refractivity contribution >= 4 is 10.0 Å². The van der Waals surface area contributed by atoms with Crippen LogP contribution in [0.3, 0.4) is 0 Å². The summed E-state index contributed by atoms with van der Waals surface area (Å²) in [7, 11) is -2.04. The molecule has 2 N–H and O–H groups in total. The van der Waals surface area contributed by atoms with Gasteiger partial charge in [-0.25, -0.2) is 8.42 Å². The van der Waals surface area contributed by atoms with Gasteiger partial charge in [0.05, 0.1) is 13.2 Å². The first-order chi connectivity index (χ1) is 9.50. The fraction of sp³-hybridized carbons (Fsp3) is 0.750. The van der Waals surface area contributed by atoms with Crippen LogP contribution in [-0.4, -0.2) is 54.8 Å². The lowest BCUT2D eigenvalue weighted by Gasteiger charge is -2.31. The van der Waals surface area contributed by atoms with E-state index in [1.807, 2.05) is 0 Å². The van der Waals surface area contributed by atoms with Crippen molar-refractivity contribution in [1.82, 2.24) is 14.5 Å². The van der Waals surface area contributed by atoms with Crippen LogP contribution >= 0.6 is 0 Å². The predicted octanol–water partition coefficient (Wildman–Crippen LogP) is 0.258. The summed E-state index contributed by atoms with van der Waals surface area (Å²) in [5, 5.41) is 15.8. The van der Waals surface area contributed by atoms with Crippen LogP contribution in [0.25, 0.3) is 0 Å². The molecule has 1 saturated heterocycles. The maximum absolute atomic E-state index is 12.6. The normalized spacial score (nSPS) is 21.2. The van der Waals surface area contributed by atoms with E-state index in [4.69, 9.17) is 4.74 Å². The maximum atomic E-state index is 12.6. The van der Waals surface area contributed by atoms with Gasteiger partial charge in [0.25, 0.3) is 10.0 Å². The van der Waals surface area contributed by atoms with Gasteiger partial charge in [0.15, 0.2) is 5.03 Å². The smallest absolute Gasteiger partial charge is 0.262 e. The summed E-state index contributed by atoms with van der Waals surface area (Å²) >= 11 is 0. The molecule has 1 aliphatic rings. The van der Waals surface area contributed by atoms with Crippen LogP contribution in [0.5, 0.6) is 0 Å². The number of ether oxygens (including phenoxy) is 1. The molecule has 1 unspecified atom stereocenters. The number of sulfonamides is 1. The highest BCUT2D eigenvalue weighted by Gasteiger charge is 2.33. The highest BCUT2D eigenvalue weighted by Crippen LogP contribution is 2.25. The Labute approximate surface area is 119 Å². The summed E-state index contributed by atoms with van der Waals surface area (Å²) in [5.74, 6) is 0.209. The van der Waals surface area contributed by atoms with Crippen LogP contribution in [0.15, 0.2) is 5.03 Å². The predicted molar refractivity (Wildman–Crippen MR) is 72.6 cm³/mol. The van der Waals surface area contributed by atoms with Crippen molar-refractivity contribution in [2.24, 2.45) is 5.92 Å². The lowest BCUT2D eigenvalue weighted by atomic mass is 10.0. The molecule has 1 aromatic heterocycles. The van der Waals surface area contributed by atoms with Crippen LogP contribution in [0.1, 0.15) is 24.1 Å². The molecule has 7 nitrogen and oxygen atoms in total. The molecule has 20 heavy (non-hydrogen) atoms. The number of rotatable bonds is 5. The summed E-state index contributed by atoms with van der Waals surface area (Å²) < 4.78 is 31.8. The van der Waals surface area contributed by atoms with Crippen LogP contribution in [-0.2, 0) is 21.4 Å². The Morgan fingerprint density at radius 1 is 1.55 bits per heavy atom. The van der Waals surface area contributed by atoms with Crippen molar-refractivity contribution in [2.75, 3.05) is 26.8 Å². The molecule has 1 aliphatic heterocycles. The van der Waals surface area contributed by atoms with Crippen molar-refractivity contribution in [1.29, 1.82) is 0 Å². The monoisotopic (exact) mass is 303 g/mol. The SMILES string of the molecule is COCC1CCCN(S(=O)(=O)c2n[nH]c(C)c2CO)C1. The number of aliphatic hydroxyl groups is 1. The fourth-order valence-corrected chi connectivity index (χ4v) is 4.28. The Hall–Kier alpha value is -0.960. The Bertz CT molecular complexity index is 553. The highest BCUT2D eigenvalue weighted by molar-refractivity contribution is 7.89. The largest absolute Gasteiger partial charge is 0.392 e. The zero-order chi connectivity index (χ0) is 14.8. The molecule has 0 aromatic carbocycles. The van der Waals surface area contributed by atoms with Gasteiger partial charge in [-0.2, -0.15) is 9.40 Å². The fourth-order valence-electron chi connectivity index (χ4n) is 2.57. The zero-order valence-electron chi connectivity index (χ0n) is 11.8. The Balaban J connectivity index is 2.25. The number of hydrogen-bond donors (Lipinski definition) is 2. The molecule has 1 atom stereocenters. The molecule has 114 valence electrons. The quantitative estimate of drug-likeness (QED) is 0.813. The van der Waals surface area contributed by atoms with Gasteiger partial charge >= 0.3 is 0 Å². The van der Waals surface area contributed by atoms with E-state index in [0.29, 0.717) is 31.0 Å². The number of nitrogens with one attached hydrogen (secondary N) is 1. The number of piperidine rings is 1. The minimum atomic E-state index is -3.66. The number of aromatic nitrogens is 2. The van der Waals surface area contributed by atoms with E-state index in [2.05, 4.69) is 10.2 Å². The molecule has 0 saturated carbocycles. The van der Waals surface area contributed by atoms with Crippen LogP contribution in [0, 0.1) is 12.8 Å². The number of aliphatic hydroxyl groups excluding tert-OH is 1. The molecule has 1 aromatic rings. The molecular formula is C12H21N3O4S. The third-order valence-corrected chi connectivity index (χ3v) is 5.50. The molecule has 1 fully saturated rings. The van der Waals surface area contributed by atoms with Gasteiger partial charge in [0.2, 0.25) is 0 Å². The number of aryl methyl sites for hydroxylation is 1. The van der Waals surface area contributed by atoms with Crippen LogP contribution in [0.4, 0.5) is 0 Å². The summed E-state index contributed by atoms with van der Waals surface area (Å²) in [6, 6.07) is 0. The van der Waals surface area contributed by atoms with E-state index in [0.717, 1.165) is 12.8 Å². The van der Waals surface area contributed by atoms with Crippen molar-refractivity contribution in [3.8, 4) is 0 Å². The molecule has 8 heteroatoms. The minimum absolute atomic E-state index is 0.0597. The second kappa shape index (κ2) is 6.21. The Morgan fingerprint density at radius 2 is 2.30 bits per heavy atom. The topological polar surface area (TPSA) is 95.5 Å². The van der Waals surface area contributed by atoms with E-state index in [9.17, 15) is 13.5 Å². The number of aromatic amines is 1. The van der Waals surface area contributed by atoms with E-state index in [-0.39, 0.29) is 17.6 Å². The first kappa shape index (κ1) is 15.4. The molecule has 0 radical (unpaired) electrons. The second-order valence-corrected chi connectivity index (χ2v) is 6.97. The summed E-state index contributed by atoms with van der Waals surface area (Å²) in [6.07, 6.45) is 1.78. The lowest BCUT2D eigenvalue weighted by molar-refractivity contribution is 0.118. The number of nitrogens with zero attached hydrogens (tertiary/aromatic N) is 2. The molecule has 2 rings (SSSR count). The third kappa shape index (κ3) is 2.88. The molecule has 0 aliphatic carbocycles. The molecule has 2 heterocycles. The van der Waals surface area contributed by atoms with E-state index in [1.165, 1.54) is 4.31 Å². The minimum Gasteiger partial charge on any atom is -0.392 e. The summed E-state index contributed by atoms with van der Waals surface area (Å²) in [5.41, 5.74) is 0.926. The first-order valence-corrected chi connectivity index (χ1v) is 8.08. The lowest BCUT2D eigenvalue weighted by Crippen LogP contribution is -2.41. The van der Waals surface area contributed by atoms with Crippen molar-refractivity contribution in [2.45, 2.75) is 31.4 Å². The van der Waals surface area contributed by atoms with E-state index >= 15 is 0 Å². The average Bonchev–Trinajstić information content (AvgIpc) is 2.81. The summed E-state index contributed by atoms with van der Waals surface area (Å²) in [4.78, 5) is 0. The Kier molecular flexibility index (Phi) is 4.79.